The third kappa shape index (κ3) is 4.74. The van der Waals surface area contributed by atoms with Crippen molar-refractivity contribution in [1.29, 1.82) is 0 Å². The van der Waals surface area contributed by atoms with Crippen molar-refractivity contribution in [2.75, 3.05) is 13.1 Å². The molecule has 3 aromatic rings. The molecule has 2 aliphatic rings. The molecular formula is C25H27N5O3. The largest absolute Gasteiger partial charge is 0.488 e. The zero-order chi connectivity index (χ0) is 22.8. The van der Waals surface area contributed by atoms with Gasteiger partial charge in [0.25, 0.3) is 11.8 Å². The molecule has 2 fully saturated rings. The number of carbonyl (C=O) groups excluding carboxylic acids is 2. The Morgan fingerprint density at radius 1 is 1.03 bits per heavy atom. The van der Waals surface area contributed by atoms with E-state index in [4.69, 9.17) is 10.5 Å². The zero-order valence-corrected chi connectivity index (χ0v) is 18.4. The molecule has 1 saturated heterocycles. The predicted octanol–water partition coefficient (Wildman–Crippen LogP) is 3.38. The molecule has 2 amide bonds. The van der Waals surface area contributed by atoms with Crippen molar-refractivity contribution in [2.45, 2.75) is 44.1 Å². The predicted molar refractivity (Wildman–Crippen MR) is 122 cm³/mol. The van der Waals surface area contributed by atoms with Gasteiger partial charge in [0.05, 0.1) is 5.56 Å². The second-order valence-electron chi connectivity index (χ2n) is 8.77. The molecule has 1 aliphatic heterocycles. The SMILES string of the molecule is NC(=O)c1ccccc1OCc1cccc(C(=O)N2CCC(c3nc(C4CC4)n[nH]3)CC2)c1. The number of hydrogen-bond acceptors (Lipinski definition) is 5. The van der Waals surface area contributed by atoms with Crippen LogP contribution in [0.1, 0.15) is 75.4 Å². The number of nitrogens with one attached hydrogen (secondary N) is 1. The van der Waals surface area contributed by atoms with Crippen LogP contribution >= 0.6 is 0 Å². The minimum Gasteiger partial charge on any atom is -0.488 e. The van der Waals surface area contributed by atoms with E-state index in [1.165, 1.54) is 12.8 Å². The van der Waals surface area contributed by atoms with Crippen molar-refractivity contribution in [3.05, 3.63) is 76.9 Å². The van der Waals surface area contributed by atoms with Gasteiger partial charge in [-0.3, -0.25) is 14.7 Å². The molecule has 0 radical (unpaired) electrons. The van der Waals surface area contributed by atoms with E-state index in [9.17, 15) is 9.59 Å². The van der Waals surface area contributed by atoms with E-state index in [2.05, 4.69) is 15.2 Å². The van der Waals surface area contributed by atoms with Crippen LogP contribution in [0.3, 0.4) is 0 Å². The Balaban J connectivity index is 1.19. The van der Waals surface area contributed by atoms with Crippen molar-refractivity contribution in [3.8, 4) is 5.75 Å². The van der Waals surface area contributed by atoms with E-state index >= 15 is 0 Å². The number of likely N-dealkylation sites (tertiary alicyclic amines) is 1. The maximum atomic E-state index is 13.1. The normalized spacial score (nSPS) is 16.5. The van der Waals surface area contributed by atoms with Gasteiger partial charge in [0, 0.05) is 30.5 Å². The maximum absolute atomic E-state index is 13.1. The average Bonchev–Trinajstić information content (AvgIpc) is 3.59. The summed E-state index contributed by atoms with van der Waals surface area (Å²) in [6, 6.07) is 14.3. The molecule has 8 nitrogen and oxygen atoms in total. The van der Waals surface area contributed by atoms with Crippen LogP contribution in [0.2, 0.25) is 0 Å². The van der Waals surface area contributed by atoms with Gasteiger partial charge in [-0.25, -0.2) is 4.98 Å². The Kier molecular flexibility index (Phi) is 5.81. The lowest BCUT2D eigenvalue weighted by atomic mass is 9.95. The lowest BCUT2D eigenvalue weighted by Crippen LogP contribution is -2.38. The number of H-pyrrole nitrogens is 1. The van der Waals surface area contributed by atoms with Gasteiger partial charge in [-0.2, -0.15) is 5.10 Å². The summed E-state index contributed by atoms with van der Waals surface area (Å²) in [4.78, 5) is 31.3. The van der Waals surface area contributed by atoms with Gasteiger partial charge in [0.2, 0.25) is 0 Å². The van der Waals surface area contributed by atoms with Crippen LogP contribution in [-0.4, -0.2) is 45.0 Å². The Bertz CT molecular complexity index is 1160. The number of aromatic nitrogens is 3. The summed E-state index contributed by atoms with van der Waals surface area (Å²) in [5, 5.41) is 7.48. The molecular weight excluding hydrogens is 418 g/mol. The number of para-hydroxylation sites is 1. The quantitative estimate of drug-likeness (QED) is 0.579. The number of benzene rings is 2. The fourth-order valence-corrected chi connectivity index (χ4v) is 4.28. The van der Waals surface area contributed by atoms with Crippen LogP contribution in [-0.2, 0) is 6.61 Å². The number of carbonyl (C=O) groups is 2. The molecule has 0 atom stereocenters. The van der Waals surface area contributed by atoms with Crippen LogP contribution in [0.5, 0.6) is 5.75 Å². The van der Waals surface area contributed by atoms with Crippen molar-refractivity contribution >= 4 is 11.8 Å². The first kappa shape index (κ1) is 21.2. The number of nitrogens with zero attached hydrogens (tertiary/aromatic N) is 3. The minimum absolute atomic E-state index is 0.0177. The number of ether oxygens (including phenoxy) is 1. The van der Waals surface area contributed by atoms with Gasteiger partial charge in [0.1, 0.15) is 18.2 Å². The van der Waals surface area contributed by atoms with Crippen LogP contribution < -0.4 is 10.5 Å². The van der Waals surface area contributed by atoms with E-state index in [0.717, 1.165) is 30.1 Å². The van der Waals surface area contributed by atoms with Crippen LogP contribution in [0.4, 0.5) is 0 Å². The van der Waals surface area contributed by atoms with Crippen LogP contribution in [0, 0.1) is 0 Å². The summed E-state index contributed by atoms with van der Waals surface area (Å²) >= 11 is 0. The molecule has 1 aromatic heterocycles. The number of hydrogen-bond donors (Lipinski definition) is 2. The monoisotopic (exact) mass is 445 g/mol. The summed E-state index contributed by atoms with van der Waals surface area (Å²) in [7, 11) is 0. The zero-order valence-electron chi connectivity index (χ0n) is 18.4. The van der Waals surface area contributed by atoms with Crippen molar-refractivity contribution < 1.29 is 14.3 Å². The standard InChI is InChI=1S/C25H27N5O3/c26-22(31)20-6-1-2-7-21(20)33-15-16-4-3-5-19(14-16)25(32)30-12-10-18(11-13-30)24-27-23(28-29-24)17-8-9-17/h1-7,14,17-18H,8-13,15H2,(H2,26,31)(H,27,28,29). The van der Waals surface area contributed by atoms with E-state index in [1.54, 1.807) is 24.3 Å². The van der Waals surface area contributed by atoms with E-state index in [0.29, 0.717) is 41.8 Å². The fraction of sp³-hybridized carbons (Fsp3) is 0.360. The molecule has 2 aromatic carbocycles. The summed E-state index contributed by atoms with van der Waals surface area (Å²) in [6.45, 7) is 1.62. The summed E-state index contributed by atoms with van der Waals surface area (Å²) in [5.41, 5.74) is 7.24. The van der Waals surface area contributed by atoms with Gasteiger partial charge in [-0.05, 0) is 55.5 Å². The Morgan fingerprint density at radius 2 is 1.82 bits per heavy atom. The lowest BCUT2D eigenvalue weighted by Gasteiger charge is -2.31. The summed E-state index contributed by atoms with van der Waals surface area (Å²) in [6.07, 6.45) is 4.12. The van der Waals surface area contributed by atoms with E-state index < -0.39 is 5.91 Å². The number of amides is 2. The highest BCUT2D eigenvalue weighted by Gasteiger charge is 2.31. The fourth-order valence-electron chi connectivity index (χ4n) is 4.28. The highest BCUT2D eigenvalue weighted by atomic mass is 16.5. The third-order valence-electron chi connectivity index (χ3n) is 6.35. The maximum Gasteiger partial charge on any atom is 0.253 e. The molecule has 8 heteroatoms. The van der Waals surface area contributed by atoms with Crippen molar-refractivity contribution in [1.82, 2.24) is 20.1 Å². The molecule has 2 heterocycles. The molecule has 5 rings (SSSR count). The Hall–Kier alpha value is -3.68. The van der Waals surface area contributed by atoms with Gasteiger partial charge >= 0.3 is 0 Å². The van der Waals surface area contributed by atoms with Gasteiger partial charge in [-0.1, -0.05) is 24.3 Å². The molecule has 0 spiro atoms. The molecule has 33 heavy (non-hydrogen) atoms. The Labute approximate surface area is 192 Å². The summed E-state index contributed by atoms with van der Waals surface area (Å²) < 4.78 is 5.81. The molecule has 0 bridgehead atoms. The smallest absolute Gasteiger partial charge is 0.253 e. The number of primary amides is 1. The second kappa shape index (κ2) is 9.05. The minimum atomic E-state index is -0.535. The highest BCUT2D eigenvalue weighted by molar-refractivity contribution is 5.95. The van der Waals surface area contributed by atoms with E-state index in [1.807, 2.05) is 29.2 Å². The first-order valence-corrected chi connectivity index (χ1v) is 11.4. The van der Waals surface area contributed by atoms with Gasteiger partial charge in [0.15, 0.2) is 5.82 Å². The van der Waals surface area contributed by atoms with Gasteiger partial charge in [-0.15, -0.1) is 0 Å². The van der Waals surface area contributed by atoms with Crippen molar-refractivity contribution in [3.63, 3.8) is 0 Å². The van der Waals surface area contributed by atoms with Gasteiger partial charge < -0.3 is 15.4 Å². The second-order valence-corrected chi connectivity index (χ2v) is 8.77. The summed E-state index contributed by atoms with van der Waals surface area (Å²) in [5.74, 6) is 2.67. The number of nitrogens with two attached hydrogens (primary N) is 1. The van der Waals surface area contributed by atoms with Crippen molar-refractivity contribution in [2.24, 2.45) is 5.73 Å². The van der Waals surface area contributed by atoms with E-state index in [-0.39, 0.29) is 12.5 Å². The third-order valence-corrected chi connectivity index (χ3v) is 6.35. The number of aromatic amines is 1. The first-order chi connectivity index (χ1) is 16.1. The van der Waals surface area contributed by atoms with Crippen LogP contribution in [0.15, 0.2) is 48.5 Å². The Morgan fingerprint density at radius 3 is 2.58 bits per heavy atom. The lowest BCUT2D eigenvalue weighted by molar-refractivity contribution is 0.0710. The molecule has 1 aliphatic carbocycles. The molecule has 0 unspecified atom stereocenters. The average molecular weight is 446 g/mol. The topological polar surface area (TPSA) is 114 Å². The molecule has 1 saturated carbocycles. The number of rotatable bonds is 7. The molecule has 3 N–H and O–H groups in total. The number of piperidine rings is 1. The van der Waals surface area contributed by atoms with Crippen LogP contribution in [0.25, 0.3) is 0 Å². The highest BCUT2D eigenvalue weighted by Crippen LogP contribution is 2.38. The molecule has 170 valence electrons. The first-order valence-electron chi connectivity index (χ1n) is 11.4.